The molecule has 0 aromatic heterocycles. The van der Waals surface area contributed by atoms with Gasteiger partial charge in [0.2, 0.25) is 11.8 Å². The number of rotatable bonds is 19. The van der Waals surface area contributed by atoms with E-state index in [1.807, 2.05) is 32.0 Å². The Morgan fingerprint density at radius 3 is 1.64 bits per heavy atom. The second-order valence-corrected chi connectivity index (χ2v) is 11.7. The zero-order valence-corrected chi connectivity index (χ0v) is 27.6. The second kappa shape index (κ2) is 18.7. The number of benzene rings is 2. The van der Waals surface area contributed by atoms with Crippen molar-refractivity contribution >= 4 is 23.2 Å². The highest BCUT2D eigenvalue weighted by atomic mass is 16.5. The van der Waals surface area contributed by atoms with E-state index in [9.17, 15) is 9.59 Å². The van der Waals surface area contributed by atoms with Gasteiger partial charge in [0.25, 0.3) is 0 Å². The minimum absolute atomic E-state index is 0.0135. The number of carbonyl (C=O) groups excluding carboxylic acids is 2. The van der Waals surface area contributed by atoms with E-state index in [-0.39, 0.29) is 11.8 Å². The summed E-state index contributed by atoms with van der Waals surface area (Å²) in [7, 11) is 0. The van der Waals surface area contributed by atoms with Gasteiger partial charge in [-0.05, 0) is 107 Å². The fourth-order valence-electron chi connectivity index (χ4n) is 5.17. The summed E-state index contributed by atoms with van der Waals surface area (Å²) in [5.41, 5.74) is 8.68. The topological polar surface area (TPSA) is 73.9 Å². The number of hydrogen-bond donors (Lipinski definition) is 2. The summed E-state index contributed by atoms with van der Waals surface area (Å²) < 4.78 is 5.99. The van der Waals surface area contributed by atoms with E-state index >= 15 is 0 Å². The van der Waals surface area contributed by atoms with Crippen molar-refractivity contribution in [3.05, 3.63) is 57.6 Å². The van der Waals surface area contributed by atoms with Gasteiger partial charge < -0.3 is 15.4 Å². The van der Waals surface area contributed by atoms with Crippen molar-refractivity contribution in [2.45, 2.75) is 87.5 Å². The Morgan fingerprint density at radius 2 is 1.12 bits per heavy atom. The number of aryl methyl sites for hydroxylation is 4. The van der Waals surface area contributed by atoms with Crippen molar-refractivity contribution in [3.8, 4) is 0 Å². The highest BCUT2D eigenvalue weighted by Gasteiger charge is 2.16. The molecule has 2 aromatic rings. The number of carbonyl (C=O) groups is 2. The van der Waals surface area contributed by atoms with Crippen molar-refractivity contribution in [1.29, 1.82) is 0 Å². The maximum Gasteiger partial charge on any atom is 0.238 e. The van der Waals surface area contributed by atoms with Crippen LogP contribution in [0.1, 0.15) is 79.3 Å². The number of ether oxygens (including phenoxy) is 1. The molecule has 0 saturated heterocycles. The van der Waals surface area contributed by atoms with Gasteiger partial charge >= 0.3 is 0 Å². The Kier molecular flexibility index (Phi) is 15.8. The molecule has 0 aliphatic rings. The third kappa shape index (κ3) is 11.9. The van der Waals surface area contributed by atoms with Gasteiger partial charge in [-0.15, -0.1) is 0 Å². The Bertz CT molecular complexity index is 1100. The molecule has 0 aliphatic heterocycles. The number of nitrogens with one attached hydrogen (secondary N) is 2. The summed E-state index contributed by atoms with van der Waals surface area (Å²) in [6.07, 6.45) is 5.15. The monoisotopic (exact) mass is 580 g/mol. The van der Waals surface area contributed by atoms with Gasteiger partial charge in [-0.3, -0.25) is 19.4 Å². The molecule has 0 spiro atoms. The van der Waals surface area contributed by atoms with Gasteiger partial charge in [0.05, 0.1) is 19.7 Å². The molecule has 0 saturated carbocycles. The number of hydrogen-bond acceptors (Lipinski definition) is 5. The molecule has 2 aromatic carbocycles. The largest absolute Gasteiger partial charge is 0.380 e. The highest BCUT2D eigenvalue weighted by molar-refractivity contribution is 5.94. The van der Waals surface area contributed by atoms with Gasteiger partial charge in [-0.1, -0.05) is 51.0 Å². The van der Waals surface area contributed by atoms with Gasteiger partial charge in [-0.25, -0.2) is 0 Å². The maximum atomic E-state index is 13.0. The molecule has 0 fully saturated rings. The van der Waals surface area contributed by atoms with Crippen LogP contribution in [0.4, 0.5) is 11.4 Å². The summed E-state index contributed by atoms with van der Waals surface area (Å²) in [4.78, 5) is 30.3. The van der Waals surface area contributed by atoms with Gasteiger partial charge in [0.1, 0.15) is 0 Å². The molecule has 0 atom stereocenters. The van der Waals surface area contributed by atoms with Crippen LogP contribution in [0.25, 0.3) is 0 Å². The molecule has 2 N–H and O–H groups in total. The molecule has 2 rings (SSSR count). The van der Waals surface area contributed by atoms with Crippen LogP contribution < -0.4 is 10.6 Å². The summed E-state index contributed by atoms with van der Waals surface area (Å²) in [6, 6.07) is 8.23. The van der Waals surface area contributed by atoms with Crippen molar-refractivity contribution in [2.75, 3.05) is 63.1 Å². The summed E-state index contributed by atoms with van der Waals surface area (Å²) in [5.74, 6) is 0.0495. The van der Waals surface area contributed by atoms with Crippen LogP contribution in [0.3, 0.4) is 0 Å². The lowest BCUT2D eigenvalue weighted by molar-refractivity contribution is -0.118. The number of unbranched alkanes of at least 4 members (excludes halogenated alkanes) is 2. The molecule has 42 heavy (non-hydrogen) atoms. The molecule has 0 radical (unpaired) electrons. The van der Waals surface area contributed by atoms with Crippen LogP contribution in [0.15, 0.2) is 24.3 Å². The van der Waals surface area contributed by atoms with Crippen LogP contribution in [-0.4, -0.2) is 74.1 Å². The maximum absolute atomic E-state index is 13.0. The van der Waals surface area contributed by atoms with Crippen molar-refractivity contribution in [1.82, 2.24) is 9.80 Å². The Morgan fingerprint density at radius 1 is 0.643 bits per heavy atom. The van der Waals surface area contributed by atoms with Crippen LogP contribution in [0.2, 0.25) is 0 Å². The van der Waals surface area contributed by atoms with Gasteiger partial charge in [-0.2, -0.15) is 0 Å². The quantitative estimate of drug-likeness (QED) is 0.180. The first kappa shape index (κ1) is 35.5. The minimum atomic E-state index is 0.0135. The minimum Gasteiger partial charge on any atom is -0.380 e. The fourth-order valence-corrected chi connectivity index (χ4v) is 5.17. The molecular weight excluding hydrogens is 524 g/mol. The molecule has 2 amide bonds. The van der Waals surface area contributed by atoms with E-state index in [2.05, 4.69) is 68.0 Å². The van der Waals surface area contributed by atoms with E-state index in [0.29, 0.717) is 26.3 Å². The van der Waals surface area contributed by atoms with Crippen LogP contribution in [0, 0.1) is 41.5 Å². The normalized spacial score (nSPS) is 11.4. The van der Waals surface area contributed by atoms with E-state index in [1.165, 1.54) is 11.1 Å². The average Bonchev–Trinajstić information content (AvgIpc) is 2.95. The lowest BCUT2D eigenvalue weighted by atomic mass is 9.98. The zero-order valence-electron chi connectivity index (χ0n) is 27.6. The molecule has 0 unspecified atom stereocenters. The summed E-state index contributed by atoms with van der Waals surface area (Å²) in [5, 5.41) is 6.30. The fraction of sp³-hybridized carbons (Fsp3) is 0.600. The van der Waals surface area contributed by atoms with E-state index in [1.54, 1.807) is 0 Å². The predicted octanol–water partition coefficient (Wildman–Crippen LogP) is 6.73. The van der Waals surface area contributed by atoms with Gasteiger partial charge in [0.15, 0.2) is 0 Å². The van der Waals surface area contributed by atoms with Crippen molar-refractivity contribution < 1.29 is 14.3 Å². The zero-order chi connectivity index (χ0) is 31.1. The lowest BCUT2D eigenvalue weighted by Crippen LogP contribution is -2.37. The third-order valence-corrected chi connectivity index (χ3v) is 8.08. The predicted molar refractivity (Wildman–Crippen MR) is 177 cm³/mol. The summed E-state index contributed by atoms with van der Waals surface area (Å²) >= 11 is 0. The van der Waals surface area contributed by atoms with E-state index in [4.69, 9.17) is 4.74 Å². The highest BCUT2D eigenvalue weighted by Crippen LogP contribution is 2.26. The molecule has 0 heterocycles. The lowest BCUT2D eigenvalue weighted by Gasteiger charge is -2.24. The number of para-hydroxylation sites is 1. The van der Waals surface area contributed by atoms with Crippen molar-refractivity contribution in [3.63, 3.8) is 0 Å². The van der Waals surface area contributed by atoms with Crippen LogP contribution in [-0.2, 0) is 14.3 Å². The van der Waals surface area contributed by atoms with Crippen LogP contribution >= 0.6 is 0 Å². The molecular formula is C35H56N4O3. The Labute approximate surface area is 255 Å². The number of nitrogens with zero attached hydrogens (tertiary/aromatic N) is 2. The van der Waals surface area contributed by atoms with Gasteiger partial charge in [0, 0.05) is 31.1 Å². The second-order valence-electron chi connectivity index (χ2n) is 11.7. The summed E-state index contributed by atoms with van der Waals surface area (Å²) in [6.45, 7) is 22.0. The first-order chi connectivity index (χ1) is 20.1. The first-order valence-corrected chi connectivity index (χ1v) is 15.8. The third-order valence-electron chi connectivity index (χ3n) is 8.08. The molecule has 7 nitrogen and oxygen atoms in total. The number of anilines is 2. The van der Waals surface area contributed by atoms with Crippen LogP contribution in [0.5, 0.6) is 0 Å². The SMILES string of the molecule is CCCCN(CCOCCCN(CCCC)CC(=O)Nc1c(C)c(C)cc(C)c1C)CC(=O)Nc1c(C)cccc1C. The Balaban J connectivity index is 1.81. The molecule has 234 valence electrons. The number of amides is 2. The van der Waals surface area contributed by atoms with E-state index in [0.717, 1.165) is 91.9 Å². The first-order valence-electron chi connectivity index (χ1n) is 15.8. The average molecular weight is 581 g/mol. The standard InChI is InChI=1S/C35H56N4O3/c1-9-11-17-38(24-33(41)37-35-30(7)28(5)23-29(6)31(35)8)19-14-21-42-22-20-39(18-12-10-2)25-32(40)36-34-26(3)15-13-16-27(34)4/h13,15-16,23H,9-12,14,17-22,24-25H2,1-8H3,(H,36,40)(H,37,41). The van der Waals surface area contributed by atoms with E-state index < -0.39 is 0 Å². The molecule has 0 aliphatic carbocycles. The van der Waals surface area contributed by atoms with Crippen molar-refractivity contribution in [2.24, 2.45) is 0 Å². The molecule has 0 bridgehead atoms. The smallest absolute Gasteiger partial charge is 0.238 e. The molecule has 7 heteroatoms. The Hall–Kier alpha value is -2.74.